The number of benzene rings is 2. The third-order valence-corrected chi connectivity index (χ3v) is 5.24. The monoisotopic (exact) mass is 448 g/mol. The van der Waals surface area contributed by atoms with Crippen LogP contribution in [0, 0.1) is 19.7 Å². The van der Waals surface area contributed by atoms with Gasteiger partial charge in [-0.1, -0.05) is 18.2 Å². The molecule has 1 amide bonds. The van der Waals surface area contributed by atoms with Crippen LogP contribution in [0.5, 0.6) is 0 Å². The first-order chi connectivity index (χ1) is 15.8. The van der Waals surface area contributed by atoms with E-state index in [9.17, 15) is 18.8 Å². The number of hydrogen-bond donors (Lipinski definition) is 1. The second-order valence-corrected chi connectivity index (χ2v) is 7.59. The van der Waals surface area contributed by atoms with Gasteiger partial charge in [-0.2, -0.15) is 9.78 Å². The van der Waals surface area contributed by atoms with Crippen LogP contribution in [0.25, 0.3) is 5.69 Å². The molecule has 0 unspecified atom stereocenters. The second kappa shape index (κ2) is 9.07. The fraction of sp³-hybridized carbons (Fsp3) is 0.167. The quantitative estimate of drug-likeness (QED) is 0.489. The molecule has 1 N–H and O–H groups in total. The van der Waals surface area contributed by atoms with Crippen LogP contribution in [0.2, 0.25) is 0 Å². The van der Waals surface area contributed by atoms with Crippen LogP contribution < -0.4 is 16.6 Å². The summed E-state index contributed by atoms with van der Waals surface area (Å²) in [5.41, 5.74) is 0.640. The van der Waals surface area contributed by atoms with E-state index in [0.717, 1.165) is 20.4 Å². The summed E-state index contributed by atoms with van der Waals surface area (Å²) < 4.78 is 20.8. The molecule has 2 aromatic heterocycles. The lowest BCUT2D eigenvalue weighted by molar-refractivity contribution is 0.0938. The van der Waals surface area contributed by atoms with Crippen LogP contribution in [-0.2, 0) is 13.1 Å². The highest BCUT2D eigenvalue weighted by atomic mass is 19.1. The van der Waals surface area contributed by atoms with Crippen molar-refractivity contribution in [1.82, 2.24) is 19.7 Å². The summed E-state index contributed by atoms with van der Waals surface area (Å²) in [5.74, 6) is -0.770. The molecule has 2 aromatic carbocycles. The van der Waals surface area contributed by atoms with Crippen molar-refractivity contribution in [1.29, 1.82) is 0 Å². The summed E-state index contributed by atoms with van der Waals surface area (Å²) in [7, 11) is 0. The lowest BCUT2D eigenvalue weighted by Crippen LogP contribution is -2.46. The van der Waals surface area contributed by atoms with Gasteiger partial charge in [-0.15, -0.1) is 0 Å². The molecule has 168 valence electrons. The zero-order valence-corrected chi connectivity index (χ0v) is 18.0. The molecule has 4 aromatic rings. The van der Waals surface area contributed by atoms with E-state index in [1.807, 2.05) is 19.9 Å². The molecular formula is C24H21FN4O4. The predicted molar refractivity (Wildman–Crippen MR) is 119 cm³/mol. The normalized spacial score (nSPS) is 10.9. The molecule has 0 fully saturated rings. The molecule has 0 aliphatic heterocycles. The number of carbonyl (C=O) groups excluding carboxylic acids is 1. The minimum Gasteiger partial charge on any atom is -0.467 e. The van der Waals surface area contributed by atoms with Crippen molar-refractivity contribution in [3.63, 3.8) is 0 Å². The molecule has 0 spiro atoms. The topological polar surface area (TPSA) is 99.1 Å². The van der Waals surface area contributed by atoms with Crippen LogP contribution in [-0.4, -0.2) is 20.3 Å². The van der Waals surface area contributed by atoms with Crippen molar-refractivity contribution < 1.29 is 13.6 Å². The third kappa shape index (κ3) is 4.67. The summed E-state index contributed by atoms with van der Waals surface area (Å²) in [4.78, 5) is 39.1. The standard InChI is InChI=1S/C24H21FN4O4/c1-15-8-9-19(11-16(15)2)29-24(32)28(14-17-5-3-6-18(25)12-17)23(31)21(27-29)22(30)26-13-20-7-4-10-33-20/h3-12H,13-14H2,1-2H3,(H,26,30). The Hall–Kier alpha value is -4.27. The lowest BCUT2D eigenvalue weighted by Gasteiger charge is -2.13. The molecule has 0 saturated carbocycles. The van der Waals surface area contributed by atoms with Crippen LogP contribution in [0.4, 0.5) is 4.39 Å². The molecule has 0 atom stereocenters. The molecule has 0 radical (unpaired) electrons. The van der Waals surface area contributed by atoms with Gasteiger partial charge in [0.1, 0.15) is 11.6 Å². The number of amides is 1. The van der Waals surface area contributed by atoms with Gasteiger partial charge in [0.15, 0.2) is 0 Å². The Morgan fingerprint density at radius 1 is 1.06 bits per heavy atom. The van der Waals surface area contributed by atoms with Gasteiger partial charge >= 0.3 is 5.69 Å². The van der Waals surface area contributed by atoms with Crippen LogP contribution in [0.3, 0.4) is 0 Å². The van der Waals surface area contributed by atoms with Crippen molar-refractivity contribution in [3.8, 4) is 5.69 Å². The minimum absolute atomic E-state index is 0.0413. The van der Waals surface area contributed by atoms with Gasteiger partial charge in [0.2, 0.25) is 5.69 Å². The second-order valence-electron chi connectivity index (χ2n) is 7.59. The number of furan rings is 1. The highest BCUT2D eigenvalue weighted by Gasteiger charge is 2.21. The fourth-order valence-corrected chi connectivity index (χ4v) is 3.30. The highest BCUT2D eigenvalue weighted by Crippen LogP contribution is 2.12. The Morgan fingerprint density at radius 3 is 2.58 bits per heavy atom. The molecule has 0 bridgehead atoms. The average molecular weight is 448 g/mol. The number of nitrogens with one attached hydrogen (secondary N) is 1. The Bertz CT molecular complexity index is 1440. The fourth-order valence-electron chi connectivity index (χ4n) is 3.30. The number of rotatable bonds is 6. The first-order valence-electron chi connectivity index (χ1n) is 10.2. The Kier molecular flexibility index (Phi) is 6.03. The van der Waals surface area contributed by atoms with E-state index in [0.29, 0.717) is 17.0 Å². The number of carbonyl (C=O) groups is 1. The summed E-state index contributed by atoms with van der Waals surface area (Å²) >= 11 is 0. The van der Waals surface area contributed by atoms with E-state index >= 15 is 0 Å². The molecule has 2 heterocycles. The van der Waals surface area contributed by atoms with Crippen molar-refractivity contribution in [2.75, 3.05) is 0 Å². The van der Waals surface area contributed by atoms with Gasteiger partial charge in [-0.05, 0) is 66.9 Å². The molecule has 0 aliphatic carbocycles. The van der Waals surface area contributed by atoms with E-state index in [4.69, 9.17) is 4.42 Å². The summed E-state index contributed by atoms with van der Waals surface area (Å²) in [6, 6.07) is 14.1. The van der Waals surface area contributed by atoms with Gasteiger partial charge in [0.25, 0.3) is 11.5 Å². The zero-order chi connectivity index (χ0) is 23.5. The molecular weight excluding hydrogens is 427 g/mol. The van der Waals surface area contributed by atoms with Crippen molar-refractivity contribution in [3.05, 3.63) is 116 Å². The summed E-state index contributed by atoms with van der Waals surface area (Å²) in [6.07, 6.45) is 1.46. The molecule has 4 rings (SSSR count). The van der Waals surface area contributed by atoms with Gasteiger partial charge in [0.05, 0.1) is 25.0 Å². The van der Waals surface area contributed by atoms with Crippen LogP contribution >= 0.6 is 0 Å². The van der Waals surface area contributed by atoms with Crippen molar-refractivity contribution in [2.24, 2.45) is 0 Å². The maximum Gasteiger partial charge on any atom is 0.352 e. The Balaban J connectivity index is 1.82. The molecule has 8 nitrogen and oxygen atoms in total. The number of aryl methyl sites for hydroxylation is 2. The molecule has 0 saturated heterocycles. The largest absolute Gasteiger partial charge is 0.467 e. The van der Waals surface area contributed by atoms with Crippen molar-refractivity contribution >= 4 is 5.91 Å². The molecule has 33 heavy (non-hydrogen) atoms. The summed E-state index contributed by atoms with van der Waals surface area (Å²) in [6.45, 7) is 3.62. The Morgan fingerprint density at radius 2 is 1.88 bits per heavy atom. The van der Waals surface area contributed by atoms with E-state index in [1.165, 1.54) is 24.5 Å². The maximum atomic E-state index is 13.7. The maximum absolute atomic E-state index is 13.7. The Labute approximate surface area is 187 Å². The zero-order valence-electron chi connectivity index (χ0n) is 18.0. The average Bonchev–Trinajstić information content (AvgIpc) is 3.31. The third-order valence-electron chi connectivity index (χ3n) is 5.24. The molecule has 9 heteroatoms. The minimum atomic E-state index is -0.874. The van der Waals surface area contributed by atoms with Gasteiger partial charge < -0.3 is 9.73 Å². The van der Waals surface area contributed by atoms with Gasteiger partial charge in [-0.25, -0.2) is 9.18 Å². The summed E-state index contributed by atoms with van der Waals surface area (Å²) in [5, 5.41) is 6.66. The number of hydrogen-bond acceptors (Lipinski definition) is 5. The van der Waals surface area contributed by atoms with Crippen LogP contribution in [0.1, 0.15) is 32.9 Å². The van der Waals surface area contributed by atoms with E-state index in [2.05, 4.69) is 10.4 Å². The number of nitrogens with zero attached hydrogens (tertiary/aromatic N) is 3. The smallest absolute Gasteiger partial charge is 0.352 e. The highest BCUT2D eigenvalue weighted by molar-refractivity contribution is 5.91. The number of aromatic nitrogens is 3. The van der Waals surface area contributed by atoms with E-state index in [1.54, 1.807) is 30.3 Å². The van der Waals surface area contributed by atoms with E-state index in [-0.39, 0.29) is 13.1 Å². The number of halogens is 1. The molecule has 0 aliphatic rings. The SMILES string of the molecule is Cc1ccc(-n2nc(C(=O)NCc3ccco3)c(=O)n(Cc3cccc(F)c3)c2=O)cc1C. The van der Waals surface area contributed by atoms with Crippen LogP contribution in [0.15, 0.2) is 74.9 Å². The lowest BCUT2D eigenvalue weighted by atomic mass is 10.1. The van der Waals surface area contributed by atoms with Gasteiger partial charge in [-0.3, -0.25) is 14.2 Å². The van der Waals surface area contributed by atoms with Gasteiger partial charge in [0, 0.05) is 0 Å². The van der Waals surface area contributed by atoms with Crippen molar-refractivity contribution in [2.45, 2.75) is 26.9 Å². The van der Waals surface area contributed by atoms with E-state index < -0.39 is 28.7 Å². The predicted octanol–water partition coefficient (Wildman–Crippen LogP) is 2.72. The first kappa shape index (κ1) is 21.9. The first-order valence-corrected chi connectivity index (χ1v) is 10.2.